The van der Waals surface area contributed by atoms with Crippen LogP contribution in [0.1, 0.15) is 64.5 Å². The van der Waals surface area contributed by atoms with Crippen molar-refractivity contribution in [3.05, 3.63) is 111 Å². The van der Waals surface area contributed by atoms with Gasteiger partial charge in [-0.05, 0) is 66.2 Å². The third kappa shape index (κ3) is 4.97. The number of hydrogen-bond acceptors (Lipinski definition) is 6. The minimum Gasteiger partial charge on any atom is -0.496 e. The van der Waals surface area contributed by atoms with Gasteiger partial charge in [-0.15, -0.1) is 0 Å². The average molecular weight is 662 g/mol. The maximum absolute atomic E-state index is 14.9. The Bertz CT molecular complexity index is 2340. The molecule has 4 heterocycles. The molecular formula is C38H35N3O6S. The first-order valence-electron chi connectivity index (χ1n) is 16.3. The van der Waals surface area contributed by atoms with E-state index in [2.05, 4.69) is 16.9 Å². The molecule has 2 aromatic heterocycles. The molecule has 4 aliphatic rings. The fraction of sp³-hybridized carbons (Fsp3) is 0.289. The molecule has 4 aromatic rings. The molecule has 0 bridgehead atoms. The molecule has 0 saturated heterocycles. The first-order chi connectivity index (χ1) is 23.2. The van der Waals surface area contributed by atoms with Crippen LogP contribution in [0.25, 0.3) is 39.5 Å². The van der Waals surface area contributed by atoms with Crippen molar-refractivity contribution < 1.29 is 22.7 Å². The van der Waals surface area contributed by atoms with Crippen molar-refractivity contribution in [3.8, 4) is 0 Å². The largest absolute Gasteiger partial charge is 0.496 e. The van der Waals surface area contributed by atoms with Crippen LogP contribution < -0.4 is 10.9 Å². The predicted molar refractivity (Wildman–Crippen MR) is 187 cm³/mol. The van der Waals surface area contributed by atoms with Gasteiger partial charge in [-0.1, -0.05) is 49.9 Å². The van der Waals surface area contributed by atoms with Gasteiger partial charge < -0.3 is 19.6 Å². The van der Waals surface area contributed by atoms with E-state index in [1.54, 1.807) is 18.4 Å². The zero-order valence-electron chi connectivity index (χ0n) is 26.5. The Morgan fingerprint density at radius 2 is 1.98 bits per heavy atom. The molecule has 2 saturated carbocycles. The predicted octanol–water partition coefficient (Wildman–Crippen LogP) is 5.53. The maximum atomic E-state index is 14.9. The Balaban J connectivity index is 1.45. The smallest absolute Gasteiger partial charge is 0.252 e. The Morgan fingerprint density at radius 3 is 2.77 bits per heavy atom. The number of aromatic amines is 1. The SMILES string of the molecule is C=Cc1cc2c(c3c1C=COC3)c(/C1=C/C=C\[C@H](C)CNC1=O)c(C(=O)[C@@H]1CC1S(=O)(=O)C1CC1)n2Cc1cc(=O)[nH]c2ccccc12. The second-order valence-electron chi connectivity index (χ2n) is 13.3. The molecule has 1 amide bonds. The summed E-state index contributed by atoms with van der Waals surface area (Å²) in [5, 5.41) is 3.39. The Labute approximate surface area is 277 Å². The van der Waals surface area contributed by atoms with E-state index in [1.165, 1.54) is 6.07 Å². The van der Waals surface area contributed by atoms with Crippen molar-refractivity contribution in [2.24, 2.45) is 11.8 Å². The zero-order chi connectivity index (χ0) is 33.3. The number of H-pyrrole nitrogens is 1. The van der Waals surface area contributed by atoms with Crippen LogP contribution in [0.15, 0.2) is 72.3 Å². The van der Waals surface area contributed by atoms with E-state index >= 15 is 0 Å². The summed E-state index contributed by atoms with van der Waals surface area (Å²) in [7, 11) is -3.44. The van der Waals surface area contributed by atoms with Gasteiger partial charge in [0.1, 0.15) is 6.61 Å². The normalized spacial score (nSPS) is 23.7. The van der Waals surface area contributed by atoms with E-state index in [0.29, 0.717) is 52.5 Å². The number of hydrogen-bond donors (Lipinski definition) is 2. The summed E-state index contributed by atoms with van der Waals surface area (Å²) < 4.78 is 34.4. The van der Waals surface area contributed by atoms with Crippen LogP contribution in [0.5, 0.6) is 0 Å². The van der Waals surface area contributed by atoms with Gasteiger partial charge in [0.15, 0.2) is 15.6 Å². The molecule has 2 N–H and O–H groups in total. The number of aromatic nitrogens is 2. The Morgan fingerprint density at radius 1 is 1.17 bits per heavy atom. The maximum Gasteiger partial charge on any atom is 0.252 e. The zero-order valence-corrected chi connectivity index (χ0v) is 27.3. The lowest BCUT2D eigenvalue weighted by Crippen LogP contribution is -2.30. The second-order valence-corrected chi connectivity index (χ2v) is 15.7. The van der Waals surface area contributed by atoms with E-state index in [1.807, 2.05) is 60.1 Å². The fourth-order valence-electron chi connectivity index (χ4n) is 7.31. The van der Waals surface area contributed by atoms with Gasteiger partial charge in [-0.25, -0.2) is 8.42 Å². The summed E-state index contributed by atoms with van der Waals surface area (Å²) in [6.45, 7) is 6.81. The summed E-state index contributed by atoms with van der Waals surface area (Å²) in [5.74, 6) is -1.27. The van der Waals surface area contributed by atoms with Crippen molar-refractivity contribution >= 4 is 61.1 Å². The van der Waals surface area contributed by atoms with Crippen molar-refractivity contribution in [1.29, 1.82) is 0 Å². The quantitative estimate of drug-likeness (QED) is 0.239. The molecule has 2 aliphatic carbocycles. The third-order valence-electron chi connectivity index (χ3n) is 9.99. The molecule has 2 aliphatic heterocycles. The van der Waals surface area contributed by atoms with Crippen LogP contribution in [-0.2, 0) is 32.5 Å². The van der Waals surface area contributed by atoms with Crippen molar-refractivity contribution in [3.63, 3.8) is 0 Å². The summed E-state index contributed by atoms with van der Waals surface area (Å²) in [5.41, 5.74) is 5.24. The number of carbonyl (C=O) groups is 2. The highest BCUT2D eigenvalue weighted by atomic mass is 32.2. The first kappa shape index (κ1) is 30.4. The minimum absolute atomic E-state index is 0.111. The molecule has 48 heavy (non-hydrogen) atoms. The number of rotatable bonds is 8. The summed E-state index contributed by atoms with van der Waals surface area (Å²) in [6.07, 6.45) is 12.3. The summed E-state index contributed by atoms with van der Waals surface area (Å²) in [4.78, 5) is 44.7. The van der Waals surface area contributed by atoms with Crippen molar-refractivity contribution in [2.75, 3.05) is 6.54 Å². The highest BCUT2D eigenvalue weighted by molar-refractivity contribution is 7.93. The molecular weight excluding hydrogens is 626 g/mol. The van der Waals surface area contributed by atoms with Crippen LogP contribution in [0.2, 0.25) is 0 Å². The Kier molecular flexibility index (Phi) is 7.17. The number of nitrogens with one attached hydrogen (secondary N) is 2. The van der Waals surface area contributed by atoms with Gasteiger partial charge in [0.25, 0.3) is 5.91 Å². The van der Waals surface area contributed by atoms with Gasteiger partial charge in [0.05, 0.1) is 28.0 Å². The number of allylic oxidation sites excluding steroid dienone is 2. The highest BCUT2D eigenvalue weighted by Gasteiger charge is 2.57. The first-order valence-corrected chi connectivity index (χ1v) is 18.0. The number of benzene rings is 2. The van der Waals surface area contributed by atoms with Crippen LogP contribution in [0.3, 0.4) is 0 Å². The molecule has 0 radical (unpaired) electrons. The number of nitrogens with zero attached hydrogens (tertiary/aromatic N) is 1. The second kappa shape index (κ2) is 11.3. The van der Waals surface area contributed by atoms with Gasteiger partial charge in [-0.3, -0.25) is 14.4 Å². The lowest BCUT2D eigenvalue weighted by Gasteiger charge is -2.18. The highest BCUT2D eigenvalue weighted by Crippen LogP contribution is 2.49. The van der Waals surface area contributed by atoms with E-state index < -0.39 is 21.0 Å². The lowest BCUT2D eigenvalue weighted by atomic mass is 9.90. The number of sulfone groups is 1. The molecule has 1 unspecified atom stereocenters. The summed E-state index contributed by atoms with van der Waals surface area (Å²) in [6, 6.07) is 11.0. The van der Waals surface area contributed by atoms with E-state index in [0.717, 1.165) is 22.1 Å². The van der Waals surface area contributed by atoms with Crippen molar-refractivity contribution in [1.82, 2.24) is 14.9 Å². The van der Waals surface area contributed by atoms with Crippen LogP contribution in [-0.4, -0.2) is 46.7 Å². The van der Waals surface area contributed by atoms with E-state index in [4.69, 9.17) is 4.74 Å². The average Bonchev–Trinajstić information content (AvgIpc) is 4.01. The van der Waals surface area contributed by atoms with Crippen molar-refractivity contribution in [2.45, 2.75) is 49.8 Å². The topological polar surface area (TPSA) is 127 Å². The standard InChI is InChI=1S/C38H35N3O6S/c1-3-22-15-31-34(29-20-47-14-13-25(22)29)35(27-9-6-7-21(2)18-39-38(27)44)36(37(43)28-17-32(28)48(45,46)24-11-12-24)41(31)19-23-16-33(42)40-30-10-5-4-8-26(23)30/h3-10,13-16,21,24,28,32H,1,11-12,17-20H2,2H3,(H,39,44)(H,40,42)/b7-6-,27-9-/t21-,28+,32?/m0/s1. The number of carbonyl (C=O) groups excluding carboxylic acids is 2. The minimum atomic E-state index is -3.44. The molecule has 8 rings (SSSR count). The molecule has 2 aromatic carbocycles. The van der Waals surface area contributed by atoms with Gasteiger partial charge in [-0.2, -0.15) is 0 Å². The molecule has 10 heteroatoms. The van der Waals surface area contributed by atoms with Gasteiger partial charge in [0.2, 0.25) is 5.56 Å². The number of amides is 1. The lowest BCUT2D eigenvalue weighted by molar-refractivity contribution is -0.115. The number of fused-ring (bicyclic) bond motifs is 4. The number of para-hydroxylation sites is 1. The molecule has 9 nitrogen and oxygen atoms in total. The fourth-order valence-corrected chi connectivity index (χ4v) is 9.66. The molecule has 244 valence electrons. The van der Waals surface area contributed by atoms with E-state index in [-0.39, 0.29) is 53.7 Å². The van der Waals surface area contributed by atoms with Crippen LogP contribution in [0.4, 0.5) is 0 Å². The number of ketones is 1. The molecule has 0 spiro atoms. The third-order valence-corrected chi connectivity index (χ3v) is 12.8. The van der Waals surface area contributed by atoms with Crippen LogP contribution >= 0.6 is 0 Å². The summed E-state index contributed by atoms with van der Waals surface area (Å²) >= 11 is 0. The Hall–Kier alpha value is -4.96. The van der Waals surface area contributed by atoms with Gasteiger partial charge >= 0.3 is 0 Å². The monoisotopic (exact) mass is 661 g/mol. The number of Topliss-reactive ketones (excluding diaryl/α,β-unsaturated/α-hetero) is 1. The molecule has 2 fully saturated rings. The molecule has 3 atom stereocenters. The number of ether oxygens (including phenoxy) is 1. The van der Waals surface area contributed by atoms with Crippen LogP contribution in [0, 0.1) is 11.8 Å². The number of pyridine rings is 1. The van der Waals surface area contributed by atoms with Gasteiger partial charge in [0, 0.05) is 58.1 Å². The van der Waals surface area contributed by atoms with E-state index in [9.17, 15) is 22.8 Å².